The first-order chi connectivity index (χ1) is 23.2. The van der Waals surface area contributed by atoms with Crippen molar-refractivity contribution in [3.8, 4) is 22.6 Å². The lowest BCUT2D eigenvalue weighted by molar-refractivity contribution is -0.140. The van der Waals surface area contributed by atoms with Gasteiger partial charge in [-0.3, -0.25) is 28.6 Å². The molecule has 0 saturated carbocycles. The number of rotatable bonds is 7. The van der Waals surface area contributed by atoms with Gasteiger partial charge in [0.2, 0.25) is 0 Å². The van der Waals surface area contributed by atoms with Crippen LogP contribution in [0.5, 0.6) is 11.5 Å². The van der Waals surface area contributed by atoms with Crippen LogP contribution in [0.1, 0.15) is 5.56 Å². The minimum absolute atomic E-state index is 0.0164. The minimum Gasteiger partial charge on any atom is -0.480 e. The van der Waals surface area contributed by atoms with Gasteiger partial charge in [0.05, 0.1) is 15.9 Å². The Morgan fingerprint density at radius 2 is 1.46 bits per heavy atom. The SMILES string of the molecule is O=C(O)CN1C(=O)/C(=c2/s/c(=C\c3ccc(-c4ccc5c(c4)Oc4ccccc4N5c4ccccc4)cc3)c(=O)n2CC(=O)O)SC1=S. The number of thiocarbonyl (C=S) groups is 1. The highest BCUT2D eigenvalue weighted by Gasteiger charge is 2.35. The number of thiazole rings is 1. The Balaban J connectivity index is 1.23. The molecule has 48 heavy (non-hydrogen) atoms. The van der Waals surface area contributed by atoms with Gasteiger partial charge >= 0.3 is 11.9 Å². The van der Waals surface area contributed by atoms with Gasteiger partial charge in [-0.15, -0.1) is 11.3 Å². The number of fused-ring (bicyclic) bond motifs is 2. The maximum Gasteiger partial charge on any atom is 0.323 e. The number of amides is 1. The summed E-state index contributed by atoms with van der Waals surface area (Å²) in [6.45, 7) is -1.31. The number of anilines is 3. The lowest BCUT2D eigenvalue weighted by Gasteiger charge is -2.33. The molecule has 0 spiro atoms. The second kappa shape index (κ2) is 12.6. The van der Waals surface area contributed by atoms with Crippen LogP contribution in [0.3, 0.4) is 0 Å². The molecule has 1 aromatic heterocycles. The van der Waals surface area contributed by atoms with Crippen LogP contribution in [-0.4, -0.2) is 48.4 Å². The molecule has 238 valence electrons. The number of para-hydroxylation sites is 3. The van der Waals surface area contributed by atoms with E-state index in [-0.39, 0.29) is 18.4 Å². The Kier molecular flexibility index (Phi) is 8.17. The number of hydrogen-bond acceptors (Lipinski definition) is 9. The van der Waals surface area contributed by atoms with Crippen LogP contribution in [0.2, 0.25) is 0 Å². The lowest BCUT2D eigenvalue weighted by Crippen LogP contribution is -2.36. The van der Waals surface area contributed by atoms with E-state index in [1.165, 1.54) is 0 Å². The number of nitrogens with zero attached hydrogens (tertiary/aromatic N) is 3. The highest BCUT2D eigenvalue weighted by Crippen LogP contribution is 2.51. The summed E-state index contributed by atoms with van der Waals surface area (Å²) in [7, 11) is 0. The van der Waals surface area contributed by atoms with Crippen LogP contribution in [0.4, 0.5) is 17.1 Å². The number of carboxylic acids is 2. The first kappa shape index (κ1) is 31.1. The highest BCUT2D eigenvalue weighted by atomic mass is 32.2. The maximum atomic E-state index is 13.4. The second-order valence-corrected chi connectivity index (χ2v) is 13.4. The van der Waals surface area contributed by atoms with Gasteiger partial charge in [-0.1, -0.05) is 84.6 Å². The third kappa shape index (κ3) is 5.79. The summed E-state index contributed by atoms with van der Waals surface area (Å²) in [4.78, 5) is 52.3. The van der Waals surface area contributed by atoms with Crippen molar-refractivity contribution >= 4 is 85.5 Å². The van der Waals surface area contributed by atoms with Gasteiger partial charge in [0.25, 0.3) is 11.5 Å². The fourth-order valence-electron chi connectivity index (χ4n) is 5.48. The minimum atomic E-state index is -1.27. The molecule has 3 heterocycles. The fraction of sp³-hybridized carbons (Fsp3) is 0.0571. The molecule has 1 fully saturated rings. The molecule has 2 N–H and O–H groups in total. The lowest BCUT2D eigenvalue weighted by atomic mass is 10.0. The summed E-state index contributed by atoms with van der Waals surface area (Å²) in [5, 5.41) is 18.7. The van der Waals surface area contributed by atoms with E-state index in [4.69, 9.17) is 17.0 Å². The van der Waals surface area contributed by atoms with E-state index in [0.29, 0.717) is 11.3 Å². The normalized spacial score (nSPS) is 15.3. The molecule has 1 amide bonds. The van der Waals surface area contributed by atoms with E-state index in [0.717, 1.165) is 66.5 Å². The summed E-state index contributed by atoms with van der Waals surface area (Å²) in [5.74, 6) is -1.76. The third-order valence-corrected chi connectivity index (χ3v) is 10.3. The molecule has 5 aromatic rings. The van der Waals surface area contributed by atoms with Crippen LogP contribution in [-0.2, 0) is 20.9 Å². The van der Waals surface area contributed by atoms with E-state index in [1.54, 1.807) is 6.08 Å². The van der Waals surface area contributed by atoms with E-state index >= 15 is 0 Å². The van der Waals surface area contributed by atoms with Gasteiger partial charge in [0.1, 0.15) is 27.0 Å². The smallest absolute Gasteiger partial charge is 0.323 e. The van der Waals surface area contributed by atoms with E-state index < -0.39 is 36.5 Å². The van der Waals surface area contributed by atoms with Crippen LogP contribution in [0.25, 0.3) is 22.1 Å². The molecule has 0 radical (unpaired) electrons. The maximum absolute atomic E-state index is 13.4. The van der Waals surface area contributed by atoms with Gasteiger partial charge < -0.3 is 19.8 Å². The van der Waals surface area contributed by atoms with Gasteiger partial charge in [-0.25, -0.2) is 0 Å². The standard InChI is InChI=1S/C35H23N3O7S3/c39-29(40)18-36-32(43)28(47-34(36)31-33(44)37(19-30(41)42)35(46)48-31)16-20-10-12-21(13-11-20)22-14-15-25-27(17-22)45-26-9-5-4-8-24(26)38(25)23-6-2-1-3-7-23/h1-17H,18-19H2,(H,39,40)(H,41,42)/b28-16-,34-31-. The first-order valence-electron chi connectivity index (χ1n) is 14.5. The van der Waals surface area contributed by atoms with Crippen LogP contribution in [0, 0.1) is 0 Å². The third-order valence-electron chi connectivity index (χ3n) is 7.62. The molecule has 0 aliphatic carbocycles. The fourth-order valence-corrected chi connectivity index (χ4v) is 7.99. The number of thioether (sulfide) groups is 1. The van der Waals surface area contributed by atoms with Crippen molar-refractivity contribution in [1.29, 1.82) is 0 Å². The van der Waals surface area contributed by atoms with Crippen molar-refractivity contribution in [2.45, 2.75) is 6.54 Å². The molecule has 13 heteroatoms. The predicted molar refractivity (Wildman–Crippen MR) is 189 cm³/mol. The zero-order chi connectivity index (χ0) is 33.5. The molecule has 10 nitrogen and oxygen atoms in total. The number of benzene rings is 4. The Bertz CT molecular complexity index is 2330. The average molecular weight is 694 g/mol. The molecule has 4 aromatic carbocycles. The second-order valence-electron chi connectivity index (χ2n) is 10.7. The van der Waals surface area contributed by atoms with Gasteiger partial charge in [0, 0.05) is 5.69 Å². The van der Waals surface area contributed by atoms with Crippen LogP contribution >= 0.6 is 35.3 Å². The topological polar surface area (TPSA) is 129 Å². The molecule has 2 aliphatic heterocycles. The summed E-state index contributed by atoms with van der Waals surface area (Å²) >= 11 is 6.98. The molecule has 2 aliphatic rings. The monoisotopic (exact) mass is 693 g/mol. The van der Waals surface area contributed by atoms with E-state index in [9.17, 15) is 29.4 Å². The molecule has 7 rings (SSSR count). The van der Waals surface area contributed by atoms with Crippen LogP contribution in [0.15, 0.2) is 102 Å². The average Bonchev–Trinajstić information content (AvgIpc) is 3.52. The van der Waals surface area contributed by atoms with Gasteiger partial charge in [-0.2, -0.15) is 0 Å². The van der Waals surface area contributed by atoms with Crippen molar-refractivity contribution in [2.24, 2.45) is 0 Å². The van der Waals surface area contributed by atoms with Crippen molar-refractivity contribution in [3.05, 3.63) is 122 Å². The van der Waals surface area contributed by atoms with Crippen molar-refractivity contribution in [2.75, 3.05) is 11.4 Å². The summed E-state index contributed by atoms with van der Waals surface area (Å²) in [6.07, 6.45) is 1.63. The summed E-state index contributed by atoms with van der Waals surface area (Å²) < 4.78 is 7.68. The molecule has 1 saturated heterocycles. The predicted octanol–water partition coefficient (Wildman–Crippen LogP) is 5.12. The number of carbonyl (C=O) groups is 3. The number of carbonyl (C=O) groups excluding carboxylic acids is 1. The number of aromatic nitrogens is 1. The number of aliphatic carboxylic acids is 2. The zero-order valence-electron chi connectivity index (χ0n) is 24.7. The van der Waals surface area contributed by atoms with Crippen molar-refractivity contribution < 1.29 is 29.3 Å². The summed E-state index contributed by atoms with van der Waals surface area (Å²) in [5.41, 5.74) is 4.79. The number of carboxylic acid groups (broad SMARTS) is 2. The van der Waals surface area contributed by atoms with Gasteiger partial charge in [-0.05, 0) is 59.2 Å². The zero-order valence-corrected chi connectivity index (χ0v) is 27.2. The summed E-state index contributed by atoms with van der Waals surface area (Å²) in [6, 6.07) is 31.5. The number of ether oxygens (including phenoxy) is 1. The molecular weight excluding hydrogens is 671 g/mol. The molecule has 0 unspecified atom stereocenters. The van der Waals surface area contributed by atoms with Crippen LogP contribution < -0.4 is 24.4 Å². The molecule has 0 atom stereocenters. The number of hydrogen-bond donors (Lipinski definition) is 2. The van der Waals surface area contributed by atoms with E-state index in [2.05, 4.69) is 4.90 Å². The Hall–Kier alpha value is -5.50. The Labute approximate surface area is 286 Å². The quantitative estimate of drug-likeness (QED) is 0.218. The van der Waals surface area contributed by atoms with Gasteiger partial charge in [0.15, 0.2) is 11.5 Å². The Morgan fingerprint density at radius 3 is 2.19 bits per heavy atom. The van der Waals surface area contributed by atoms with E-state index in [1.807, 2.05) is 97.1 Å². The first-order valence-corrected chi connectivity index (χ1v) is 16.5. The van der Waals surface area contributed by atoms with Crippen molar-refractivity contribution in [3.63, 3.8) is 0 Å². The highest BCUT2D eigenvalue weighted by molar-refractivity contribution is 8.30. The molecular formula is C35H23N3O7S3. The Morgan fingerprint density at radius 1 is 0.792 bits per heavy atom. The largest absolute Gasteiger partial charge is 0.480 e. The molecule has 0 bridgehead atoms. The van der Waals surface area contributed by atoms with Crippen molar-refractivity contribution in [1.82, 2.24) is 9.47 Å².